The van der Waals surface area contributed by atoms with Gasteiger partial charge in [0.25, 0.3) is 5.91 Å². The molecule has 0 radical (unpaired) electrons. The van der Waals surface area contributed by atoms with Gasteiger partial charge < -0.3 is 15.2 Å². The van der Waals surface area contributed by atoms with Gasteiger partial charge in [0.15, 0.2) is 0 Å². The third-order valence-corrected chi connectivity index (χ3v) is 4.27. The molecule has 1 saturated heterocycles. The van der Waals surface area contributed by atoms with Crippen molar-refractivity contribution >= 4 is 11.9 Å². The van der Waals surface area contributed by atoms with Crippen molar-refractivity contribution < 1.29 is 19.4 Å². The number of ether oxygens (including phenoxy) is 1. The van der Waals surface area contributed by atoms with E-state index in [-0.39, 0.29) is 11.9 Å². The average Bonchev–Trinajstić information content (AvgIpc) is 2.97. The Morgan fingerprint density at radius 2 is 1.80 bits per heavy atom. The summed E-state index contributed by atoms with van der Waals surface area (Å²) >= 11 is 0. The zero-order chi connectivity index (χ0) is 17.8. The maximum Gasteiger partial charge on any atom is 0.320 e. The molecule has 0 saturated carbocycles. The van der Waals surface area contributed by atoms with Crippen molar-refractivity contribution in [3.05, 3.63) is 60.2 Å². The zero-order valence-electron chi connectivity index (χ0n) is 13.9. The molecule has 0 unspecified atom stereocenters. The van der Waals surface area contributed by atoms with Crippen LogP contribution in [0.2, 0.25) is 0 Å². The quantitative estimate of drug-likeness (QED) is 0.874. The van der Waals surface area contributed by atoms with Crippen molar-refractivity contribution in [2.75, 3.05) is 13.6 Å². The molecule has 1 aliphatic rings. The van der Waals surface area contributed by atoms with Gasteiger partial charge in [-0.2, -0.15) is 0 Å². The molecule has 0 aromatic heterocycles. The van der Waals surface area contributed by atoms with Crippen molar-refractivity contribution in [1.82, 2.24) is 10.2 Å². The number of hydrogen-bond acceptors (Lipinski definition) is 4. The van der Waals surface area contributed by atoms with Gasteiger partial charge in [0.05, 0.1) is 5.56 Å². The fraction of sp³-hybridized carbons (Fsp3) is 0.263. The number of likely N-dealkylation sites (N-methyl/N-ethyl adjacent to an activating group) is 1. The predicted octanol–water partition coefficient (Wildman–Crippen LogP) is 2.37. The molecule has 1 aliphatic heterocycles. The molecule has 1 fully saturated rings. The van der Waals surface area contributed by atoms with Gasteiger partial charge >= 0.3 is 5.97 Å². The van der Waals surface area contributed by atoms with Crippen LogP contribution in [0.25, 0.3) is 0 Å². The van der Waals surface area contributed by atoms with Crippen LogP contribution in [0.15, 0.2) is 54.6 Å². The highest BCUT2D eigenvalue weighted by Crippen LogP contribution is 2.25. The van der Waals surface area contributed by atoms with E-state index < -0.39 is 12.0 Å². The summed E-state index contributed by atoms with van der Waals surface area (Å²) in [5.74, 6) is -0.0235. The lowest BCUT2D eigenvalue weighted by Crippen LogP contribution is -2.36. The van der Waals surface area contributed by atoms with Crippen LogP contribution in [0.3, 0.4) is 0 Å². The molecular formula is C19H20N2O4. The Bertz CT molecular complexity index is 763. The lowest BCUT2D eigenvalue weighted by molar-refractivity contribution is -0.141. The molecule has 2 aromatic carbocycles. The van der Waals surface area contributed by atoms with Gasteiger partial charge in [0.2, 0.25) is 0 Å². The van der Waals surface area contributed by atoms with Crippen molar-refractivity contribution in [3.8, 4) is 11.5 Å². The van der Waals surface area contributed by atoms with Crippen LogP contribution in [-0.4, -0.2) is 47.6 Å². The summed E-state index contributed by atoms with van der Waals surface area (Å²) in [5, 5.41) is 12.1. The maximum absolute atomic E-state index is 12.6. The van der Waals surface area contributed by atoms with Crippen LogP contribution in [0.5, 0.6) is 11.5 Å². The standard InChI is InChI=1S/C19H20N2O4/c1-21-12-13(11-16(21)19(23)24)20-18(22)15-9-5-6-10-17(15)25-14-7-3-2-4-8-14/h2-10,13,16H,11-12H2,1H3,(H,20,22)(H,23,24)/t13-,16-/m0/s1. The van der Waals surface area contributed by atoms with E-state index in [1.54, 1.807) is 36.2 Å². The van der Waals surface area contributed by atoms with Gasteiger partial charge in [0, 0.05) is 12.6 Å². The molecule has 2 atom stereocenters. The first-order chi connectivity index (χ1) is 12.0. The number of likely N-dealkylation sites (tertiary alicyclic amines) is 1. The second-order valence-corrected chi connectivity index (χ2v) is 6.11. The lowest BCUT2D eigenvalue weighted by atomic mass is 10.1. The normalized spacial score (nSPS) is 20.2. The number of aliphatic carboxylic acids is 1. The Morgan fingerprint density at radius 3 is 2.48 bits per heavy atom. The van der Waals surface area contributed by atoms with E-state index in [4.69, 9.17) is 4.74 Å². The molecule has 1 amide bonds. The minimum atomic E-state index is -0.868. The van der Waals surface area contributed by atoms with Crippen molar-refractivity contribution in [2.24, 2.45) is 0 Å². The summed E-state index contributed by atoms with van der Waals surface area (Å²) in [4.78, 5) is 25.6. The first-order valence-corrected chi connectivity index (χ1v) is 8.10. The van der Waals surface area contributed by atoms with E-state index >= 15 is 0 Å². The Labute approximate surface area is 146 Å². The summed E-state index contributed by atoms with van der Waals surface area (Å²) < 4.78 is 5.81. The van der Waals surface area contributed by atoms with E-state index in [1.807, 2.05) is 30.3 Å². The van der Waals surface area contributed by atoms with Crippen LogP contribution in [-0.2, 0) is 4.79 Å². The number of carbonyl (C=O) groups excluding carboxylic acids is 1. The first-order valence-electron chi connectivity index (χ1n) is 8.10. The molecule has 6 heteroatoms. The Hall–Kier alpha value is -2.86. The molecule has 130 valence electrons. The number of carboxylic acid groups (broad SMARTS) is 1. The molecule has 2 aromatic rings. The molecule has 3 rings (SSSR count). The fourth-order valence-corrected chi connectivity index (χ4v) is 3.01. The second-order valence-electron chi connectivity index (χ2n) is 6.11. The highest BCUT2D eigenvalue weighted by atomic mass is 16.5. The predicted molar refractivity (Wildman–Crippen MR) is 92.9 cm³/mol. The van der Waals surface area contributed by atoms with Crippen LogP contribution in [0.4, 0.5) is 0 Å². The minimum Gasteiger partial charge on any atom is -0.480 e. The van der Waals surface area contributed by atoms with Gasteiger partial charge in [-0.15, -0.1) is 0 Å². The monoisotopic (exact) mass is 340 g/mol. The summed E-state index contributed by atoms with van der Waals surface area (Å²) in [6, 6.07) is 15.5. The number of para-hydroxylation sites is 2. The van der Waals surface area contributed by atoms with E-state index in [1.165, 1.54) is 0 Å². The van der Waals surface area contributed by atoms with Gasteiger partial charge in [-0.1, -0.05) is 30.3 Å². The van der Waals surface area contributed by atoms with Crippen molar-refractivity contribution in [2.45, 2.75) is 18.5 Å². The Morgan fingerprint density at radius 1 is 1.12 bits per heavy atom. The zero-order valence-corrected chi connectivity index (χ0v) is 13.9. The minimum absolute atomic E-state index is 0.205. The average molecular weight is 340 g/mol. The van der Waals surface area contributed by atoms with E-state index in [0.717, 1.165) is 0 Å². The number of benzene rings is 2. The van der Waals surface area contributed by atoms with E-state index in [0.29, 0.717) is 30.0 Å². The summed E-state index contributed by atoms with van der Waals surface area (Å²) in [6.45, 7) is 0.504. The van der Waals surface area contributed by atoms with Crippen molar-refractivity contribution in [1.29, 1.82) is 0 Å². The van der Waals surface area contributed by atoms with Crippen LogP contribution < -0.4 is 10.1 Å². The highest BCUT2D eigenvalue weighted by Gasteiger charge is 2.35. The largest absolute Gasteiger partial charge is 0.480 e. The topological polar surface area (TPSA) is 78.9 Å². The van der Waals surface area contributed by atoms with Gasteiger partial charge in [-0.3, -0.25) is 14.5 Å². The molecule has 6 nitrogen and oxygen atoms in total. The number of rotatable bonds is 5. The molecular weight excluding hydrogens is 320 g/mol. The number of hydrogen-bond donors (Lipinski definition) is 2. The Balaban J connectivity index is 1.72. The number of nitrogens with one attached hydrogen (secondary N) is 1. The molecule has 2 N–H and O–H groups in total. The second kappa shape index (κ2) is 7.36. The Kier molecular flexibility index (Phi) is 5.00. The van der Waals surface area contributed by atoms with Gasteiger partial charge in [-0.05, 0) is 37.7 Å². The maximum atomic E-state index is 12.6. The molecule has 0 bridgehead atoms. The number of carbonyl (C=O) groups is 2. The third kappa shape index (κ3) is 3.97. The van der Waals surface area contributed by atoms with Crippen LogP contribution in [0, 0.1) is 0 Å². The molecule has 0 aliphatic carbocycles. The third-order valence-electron chi connectivity index (χ3n) is 4.27. The highest BCUT2D eigenvalue weighted by molar-refractivity contribution is 5.97. The van der Waals surface area contributed by atoms with E-state index in [2.05, 4.69) is 5.32 Å². The summed E-state index contributed by atoms with van der Waals surface area (Å²) in [5.41, 5.74) is 0.424. The smallest absolute Gasteiger partial charge is 0.320 e. The first kappa shape index (κ1) is 17.0. The fourth-order valence-electron chi connectivity index (χ4n) is 3.01. The SMILES string of the molecule is CN1C[C@@H](NC(=O)c2ccccc2Oc2ccccc2)C[C@H]1C(=O)O. The van der Waals surface area contributed by atoms with Gasteiger partial charge in [0.1, 0.15) is 17.5 Å². The van der Waals surface area contributed by atoms with Crippen LogP contribution >= 0.6 is 0 Å². The molecule has 1 heterocycles. The summed E-state index contributed by atoms with van der Waals surface area (Å²) in [6.07, 6.45) is 0.388. The summed E-state index contributed by atoms with van der Waals surface area (Å²) in [7, 11) is 1.75. The van der Waals surface area contributed by atoms with Crippen LogP contribution in [0.1, 0.15) is 16.8 Å². The molecule has 0 spiro atoms. The number of nitrogens with zero attached hydrogens (tertiary/aromatic N) is 1. The number of amides is 1. The number of carboxylic acids is 1. The lowest BCUT2D eigenvalue weighted by Gasteiger charge is -2.15. The van der Waals surface area contributed by atoms with Crippen molar-refractivity contribution in [3.63, 3.8) is 0 Å². The van der Waals surface area contributed by atoms with Gasteiger partial charge in [-0.25, -0.2) is 0 Å². The van der Waals surface area contributed by atoms with E-state index in [9.17, 15) is 14.7 Å². The molecule has 25 heavy (non-hydrogen) atoms.